The molecule has 100 valence electrons. The Morgan fingerprint density at radius 2 is 1.84 bits per heavy atom. The van der Waals surface area contributed by atoms with Crippen LogP contribution in [0.5, 0.6) is 0 Å². The first-order valence-electron chi connectivity index (χ1n) is 6.03. The van der Waals surface area contributed by atoms with Crippen LogP contribution in [-0.2, 0) is 0 Å². The van der Waals surface area contributed by atoms with Crippen LogP contribution in [-0.4, -0.2) is 40.6 Å². The van der Waals surface area contributed by atoms with Gasteiger partial charge < -0.3 is 4.90 Å². The summed E-state index contributed by atoms with van der Waals surface area (Å²) in [5, 5.41) is 0.851. The molecular formula is C14H14Cl2N2O. The first kappa shape index (κ1) is 14.1. The summed E-state index contributed by atoms with van der Waals surface area (Å²) in [6.45, 7) is 0.980. The molecule has 0 fully saturated rings. The monoisotopic (exact) mass is 296 g/mol. The number of rotatable bonds is 5. The number of benzene rings is 1. The minimum atomic E-state index is -0.0556. The summed E-state index contributed by atoms with van der Waals surface area (Å²) in [6.07, 6.45) is 1.71. The number of alkyl halides is 2. The van der Waals surface area contributed by atoms with Crippen molar-refractivity contribution in [1.29, 1.82) is 0 Å². The fourth-order valence-electron chi connectivity index (χ4n) is 1.98. The van der Waals surface area contributed by atoms with Gasteiger partial charge in [-0.2, -0.15) is 0 Å². The number of fused-ring (bicyclic) bond motifs is 1. The van der Waals surface area contributed by atoms with Crippen molar-refractivity contribution in [2.24, 2.45) is 0 Å². The minimum absolute atomic E-state index is 0.0556. The van der Waals surface area contributed by atoms with Gasteiger partial charge in [-0.05, 0) is 18.2 Å². The summed E-state index contributed by atoms with van der Waals surface area (Å²) in [7, 11) is 0. The second kappa shape index (κ2) is 6.73. The summed E-state index contributed by atoms with van der Waals surface area (Å²) in [6, 6.07) is 9.26. The van der Waals surface area contributed by atoms with E-state index in [9.17, 15) is 4.79 Å². The third kappa shape index (κ3) is 3.17. The van der Waals surface area contributed by atoms with E-state index in [-0.39, 0.29) is 5.91 Å². The predicted molar refractivity (Wildman–Crippen MR) is 79.1 cm³/mol. The molecule has 19 heavy (non-hydrogen) atoms. The van der Waals surface area contributed by atoms with Crippen molar-refractivity contribution in [2.45, 2.75) is 0 Å². The third-order valence-corrected chi connectivity index (χ3v) is 3.21. The zero-order valence-electron chi connectivity index (χ0n) is 10.4. The van der Waals surface area contributed by atoms with E-state index >= 15 is 0 Å². The second-order valence-electron chi connectivity index (χ2n) is 4.05. The standard InChI is InChI=1S/C14H14Cl2N2O/c15-6-9-18(10-7-16)14(19)12-3-1-5-13-11(12)4-2-8-17-13/h1-5,8H,6-7,9-10H2. The average Bonchev–Trinajstić information content (AvgIpc) is 2.46. The molecule has 1 aromatic heterocycles. The highest BCUT2D eigenvalue weighted by atomic mass is 35.5. The maximum atomic E-state index is 12.5. The highest BCUT2D eigenvalue weighted by molar-refractivity contribution is 6.19. The summed E-state index contributed by atoms with van der Waals surface area (Å²) in [5.74, 6) is 0.733. The van der Waals surface area contributed by atoms with E-state index in [2.05, 4.69) is 4.98 Å². The lowest BCUT2D eigenvalue weighted by Crippen LogP contribution is -2.34. The van der Waals surface area contributed by atoms with Gasteiger partial charge in [-0.3, -0.25) is 9.78 Å². The number of pyridine rings is 1. The minimum Gasteiger partial charge on any atom is -0.336 e. The molecule has 0 radical (unpaired) electrons. The maximum Gasteiger partial charge on any atom is 0.254 e. The van der Waals surface area contributed by atoms with Crippen molar-refractivity contribution in [1.82, 2.24) is 9.88 Å². The molecule has 0 saturated carbocycles. The number of carbonyl (C=O) groups excluding carboxylic acids is 1. The van der Waals surface area contributed by atoms with Gasteiger partial charge in [0.15, 0.2) is 0 Å². The molecule has 0 bridgehead atoms. The van der Waals surface area contributed by atoms with Crippen LogP contribution in [0.3, 0.4) is 0 Å². The van der Waals surface area contributed by atoms with Crippen molar-refractivity contribution < 1.29 is 4.79 Å². The lowest BCUT2D eigenvalue weighted by atomic mass is 10.1. The molecule has 5 heteroatoms. The summed E-state index contributed by atoms with van der Waals surface area (Å²) < 4.78 is 0. The van der Waals surface area contributed by atoms with Crippen LogP contribution in [0.25, 0.3) is 10.9 Å². The molecular weight excluding hydrogens is 283 g/mol. The molecule has 0 unspecified atom stereocenters. The molecule has 1 heterocycles. The predicted octanol–water partition coefficient (Wildman–Crippen LogP) is 3.15. The number of hydrogen-bond acceptors (Lipinski definition) is 2. The number of nitrogens with zero attached hydrogens (tertiary/aromatic N) is 2. The normalized spacial score (nSPS) is 10.6. The van der Waals surface area contributed by atoms with Gasteiger partial charge in [0.1, 0.15) is 0 Å². The van der Waals surface area contributed by atoms with Crippen molar-refractivity contribution in [3.63, 3.8) is 0 Å². The van der Waals surface area contributed by atoms with Crippen LogP contribution in [0, 0.1) is 0 Å². The van der Waals surface area contributed by atoms with Gasteiger partial charge in [-0.15, -0.1) is 23.2 Å². The third-order valence-electron chi connectivity index (χ3n) is 2.87. The lowest BCUT2D eigenvalue weighted by molar-refractivity contribution is 0.0777. The Hall–Kier alpha value is -1.32. The van der Waals surface area contributed by atoms with E-state index in [4.69, 9.17) is 23.2 Å². The molecule has 0 spiro atoms. The highest BCUT2D eigenvalue weighted by Gasteiger charge is 2.17. The number of aromatic nitrogens is 1. The molecule has 2 rings (SSSR count). The molecule has 0 aliphatic carbocycles. The van der Waals surface area contributed by atoms with E-state index in [0.29, 0.717) is 30.4 Å². The summed E-state index contributed by atoms with van der Waals surface area (Å²) in [5.41, 5.74) is 1.45. The first-order chi connectivity index (χ1) is 9.27. The van der Waals surface area contributed by atoms with Crippen molar-refractivity contribution >= 4 is 40.0 Å². The van der Waals surface area contributed by atoms with Gasteiger partial charge in [0.05, 0.1) is 5.52 Å². The van der Waals surface area contributed by atoms with Gasteiger partial charge in [-0.25, -0.2) is 0 Å². The topological polar surface area (TPSA) is 33.2 Å². The Morgan fingerprint density at radius 3 is 2.53 bits per heavy atom. The number of amides is 1. The fourth-order valence-corrected chi connectivity index (χ4v) is 2.39. The van der Waals surface area contributed by atoms with Crippen LogP contribution in [0.1, 0.15) is 10.4 Å². The molecule has 2 aromatic rings. The molecule has 1 aromatic carbocycles. The van der Waals surface area contributed by atoms with E-state index in [0.717, 1.165) is 10.9 Å². The van der Waals surface area contributed by atoms with E-state index in [1.807, 2.05) is 30.3 Å². The lowest BCUT2D eigenvalue weighted by Gasteiger charge is -2.21. The average molecular weight is 297 g/mol. The zero-order chi connectivity index (χ0) is 13.7. The molecule has 0 aliphatic heterocycles. The van der Waals surface area contributed by atoms with Crippen LogP contribution < -0.4 is 0 Å². The van der Waals surface area contributed by atoms with E-state index in [1.54, 1.807) is 11.1 Å². The van der Waals surface area contributed by atoms with E-state index in [1.165, 1.54) is 0 Å². The van der Waals surface area contributed by atoms with Crippen LogP contribution in [0.4, 0.5) is 0 Å². The molecule has 1 amide bonds. The quantitative estimate of drug-likeness (QED) is 0.794. The first-order valence-corrected chi connectivity index (χ1v) is 7.09. The van der Waals surface area contributed by atoms with Crippen LogP contribution in [0.15, 0.2) is 36.5 Å². The van der Waals surface area contributed by atoms with Crippen molar-refractivity contribution in [3.8, 4) is 0 Å². The van der Waals surface area contributed by atoms with Gasteiger partial charge in [0.2, 0.25) is 0 Å². The molecule has 0 atom stereocenters. The van der Waals surface area contributed by atoms with Crippen molar-refractivity contribution in [2.75, 3.05) is 24.8 Å². The Labute approximate surface area is 122 Å². The summed E-state index contributed by atoms with van der Waals surface area (Å²) in [4.78, 5) is 18.4. The number of halogens is 2. The Kier molecular flexibility index (Phi) is 5.00. The SMILES string of the molecule is O=C(c1cccc2ncccc12)N(CCCl)CCCl. The largest absolute Gasteiger partial charge is 0.336 e. The maximum absolute atomic E-state index is 12.5. The van der Waals surface area contributed by atoms with Gasteiger partial charge in [-0.1, -0.05) is 12.1 Å². The number of hydrogen-bond donors (Lipinski definition) is 0. The molecule has 0 saturated heterocycles. The highest BCUT2D eigenvalue weighted by Crippen LogP contribution is 2.18. The van der Waals surface area contributed by atoms with Gasteiger partial charge >= 0.3 is 0 Å². The van der Waals surface area contributed by atoms with E-state index < -0.39 is 0 Å². The second-order valence-corrected chi connectivity index (χ2v) is 4.80. The van der Waals surface area contributed by atoms with Gasteiger partial charge in [0, 0.05) is 42.0 Å². The van der Waals surface area contributed by atoms with Crippen LogP contribution in [0.2, 0.25) is 0 Å². The van der Waals surface area contributed by atoms with Gasteiger partial charge in [0.25, 0.3) is 5.91 Å². The molecule has 3 nitrogen and oxygen atoms in total. The smallest absolute Gasteiger partial charge is 0.254 e. The Balaban J connectivity index is 2.39. The van der Waals surface area contributed by atoms with Crippen molar-refractivity contribution in [3.05, 3.63) is 42.1 Å². The Bertz CT molecular complexity index is 563. The summed E-state index contributed by atoms with van der Waals surface area (Å²) >= 11 is 11.5. The fraction of sp³-hybridized carbons (Fsp3) is 0.286. The molecule has 0 N–H and O–H groups in total. The van der Waals surface area contributed by atoms with Crippen LogP contribution >= 0.6 is 23.2 Å². The Morgan fingerprint density at radius 1 is 1.11 bits per heavy atom. The zero-order valence-corrected chi connectivity index (χ0v) is 11.9. The number of carbonyl (C=O) groups is 1. The molecule has 0 aliphatic rings.